The Morgan fingerprint density at radius 2 is 1.86 bits per heavy atom. The maximum Gasteiger partial charge on any atom is 0.350 e. The van der Waals surface area contributed by atoms with Crippen LogP contribution >= 0.6 is 11.3 Å². The van der Waals surface area contributed by atoms with E-state index in [2.05, 4.69) is 10.3 Å². The summed E-state index contributed by atoms with van der Waals surface area (Å²) >= 11 is 1.04. The number of anilines is 1. The van der Waals surface area contributed by atoms with Gasteiger partial charge >= 0.3 is 11.9 Å². The molecule has 1 amide bonds. The van der Waals surface area contributed by atoms with Gasteiger partial charge in [-0.1, -0.05) is 53.8 Å². The molecule has 0 saturated heterocycles. The Kier molecular flexibility index (Phi) is 5.19. The number of ether oxygens (including phenoxy) is 1. The van der Waals surface area contributed by atoms with Gasteiger partial charge in [-0.2, -0.15) is 0 Å². The summed E-state index contributed by atoms with van der Waals surface area (Å²) in [7, 11) is 0. The second-order valence-electron chi connectivity index (χ2n) is 7.11. The van der Waals surface area contributed by atoms with Crippen LogP contribution in [-0.2, 0) is 14.3 Å². The zero-order valence-electron chi connectivity index (χ0n) is 15.7. The molecule has 2 aliphatic rings. The number of carboxylic acids is 1. The number of rotatable bonds is 6. The van der Waals surface area contributed by atoms with E-state index in [0.29, 0.717) is 17.0 Å². The minimum absolute atomic E-state index is 0.0841. The highest BCUT2D eigenvalue weighted by molar-refractivity contribution is 7.18. The van der Waals surface area contributed by atoms with Gasteiger partial charge in [0.15, 0.2) is 5.13 Å². The van der Waals surface area contributed by atoms with E-state index < -0.39 is 23.8 Å². The number of aromatic nitrogens is 1. The van der Waals surface area contributed by atoms with Crippen LogP contribution in [-0.4, -0.2) is 34.5 Å². The van der Waals surface area contributed by atoms with E-state index in [9.17, 15) is 19.5 Å². The van der Waals surface area contributed by atoms with Crippen molar-refractivity contribution in [2.45, 2.75) is 13.3 Å². The SMILES string of the molecule is CCOC(=O)c1sc(NC(=O)[C@H]2[C@@H](C(=O)O)[C@H]3C=C[C@@H]2C3)nc1-c1ccccc1. The number of amides is 1. The van der Waals surface area contributed by atoms with Crippen LogP contribution in [0.3, 0.4) is 0 Å². The molecule has 1 aromatic heterocycles. The monoisotopic (exact) mass is 412 g/mol. The van der Waals surface area contributed by atoms with E-state index in [1.165, 1.54) is 0 Å². The summed E-state index contributed by atoms with van der Waals surface area (Å²) in [5.74, 6) is -3.41. The predicted octanol–water partition coefficient (Wildman–Crippen LogP) is 3.45. The van der Waals surface area contributed by atoms with Crippen LogP contribution in [0.5, 0.6) is 0 Å². The summed E-state index contributed by atoms with van der Waals surface area (Å²) in [6.07, 6.45) is 4.49. The number of carbonyl (C=O) groups is 3. The Hall–Kier alpha value is -3.00. The minimum atomic E-state index is -0.960. The zero-order chi connectivity index (χ0) is 20.5. The molecule has 2 aromatic rings. The maximum atomic E-state index is 12.9. The molecule has 4 atom stereocenters. The number of nitrogens with zero attached hydrogens (tertiary/aromatic N) is 1. The molecular weight excluding hydrogens is 392 g/mol. The molecule has 1 aromatic carbocycles. The van der Waals surface area contributed by atoms with Gasteiger partial charge in [0.2, 0.25) is 5.91 Å². The van der Waals surface area contributed by atoms with Crippen molar-refractivity contribution < 1.29 is 24.2 Å². The molecule has 0 unspecified atom stereocenters. The second kappa shape index (κ2) is 7.79. The van der Waals surface area contributed by atoms with Crippen molar-refractivity contribution in [3.8, 4) is 11.3 Å². The first-order valence-electron chi connectivity index (χ1n) is 9.45. The van der Waals surface area contributed by atoms with Crippen molar-refractivity contribution in [1.29, 1.82) is 0 Å². The largest absolute Gasteiger partial charge is 0.481 e. The highest BCUT2D eigenvalue weighted by atomic mass is 32.1. The molecular formula is C21H20N2O5S. The Labute approximate surface area is 171 Å². The van der Waals surface area contributed by atoms with Gasteiger partial charge in [-0.25, -0.2) is 9.78 Å². The molecule has 29 heavy (non-hydrogen) atoms. The van der Waals surface area contributed by atoms with Gasteiger partial charge < -0.3 is 15.2 Å². The lowest BCUT2D eigenvalue weighted by atomic mass is 9.82. The summed E-state index contributed by atoms with van der Waals surface area (Å²) in [6, 6.07) is 9.17. The molecule has 1 heterocycles. The predicted molar refractivity (Wildman–Crippen MR) is 107 cm³/mol. The number of hydrogen-bond acceptors (Lipinski definition) is 6. The van der Waals surface area contributed by atoms with Crippen LogP contribution in [0.4, 0.5) is 5.13 Å². The first-order valence-corrected chi connectivity index (χ1v) is 10.3. The van der Waals surface area contributed by atoms with Crippen LogP contribution in [0.25, 0.3) is 11.3 Å². The average molecular weight is 412 g/mol. The van der Waals surface area contributed by atoms with Gasteiger partial charge in [0.05, 0.1) is 24.1 Å². The number of allylic oxidation sites excluding steroid dienone is 2. The van der Waals surface area contributed by atoms with E-state index in [4.69, 9.17) is 4.74 Å². The van der Waals surface area contributed by atoms with Crippen LogP contribution < -0.4 is 5.32 Å². The second-order valence-corrected chi connectivity index (χ2v) is 8.11. The normalized spacial score (nSPS) is 24.4. The quantitative estimate of drug-likeness (QED) is 0.556. The van der Waals surface area contributed by atoms with Gasteiger partial charge in [-0.15, -0.1) is 0 Å². The lowest BCUT2D eigenvalue weighted by molar-refractivity contribution is -0.146. The van der Waals surface area contributed by atoms with Crippen molar-refractivity contribution in [2.75, 3.05) is 11.9 Å². The Bertz CT molecular complexity index is 984. The summed E-state index contributed by atoms with van der Waals surface area (Å²) < 4.78 is 5.13. The topological polar surface area (TPSA) is 106 Å². The van der Waals surface area contributed by atoms with Crippen LogP contribution in [0.2, 0.25) is 0 Å². The average Bonchev–Trinajstić information content (AvgIpc) is 3.43. The summed E-state index contributed by atoms with van der Waals surface area (Å²) in [6.45, 7) is 1.95. The first kappa shape index (κ1) is 19.3. The molecule has 0 radical (unpaired) electrons. The number of carboxylic acid groups (broad SMARTS) is 1. The standard InChI is InChI=1S/C21H20N2O5S/c1-2-28-20(27)17-16(11-6-4-3-5-7-11)22-21(29-17)23-18(24)14-12-8-9-13(10-12)15(14)19(25)26/h3-9,12-15H,2,10H2,1H3,(H,25,26)(H,22,23,24)/t12-,13+,14-,15+/m1/s1. The molecule has 2 aliphatic carbocycles. The number of esters is 1. The molecule has 4 rings (SSSR count). The third-order valence-corrected chi connectivity index (χ3v) is 6.36. The third-order valence-electron chi connectivity index (χ3n) is 5.41. The molecule has 150 valence electrons. The Morgan fingerprint density at radius 1 is 1.17 bits per heavy atom. The van der Waals surface area contributed by atoms with Gasteiger partial charge in [-0.05, 0) is 25.2 Å². The van der Waals surface area contributed by atoms with E-state index in [1.54, 1.807) is 6.92 Å². The number of fused-ring (bicyclic) bond motifs is 2. The number of thiazole rings is 1. The van der Waals surface area contributed by atoms with E-state index in [-0.39, 0.29) is 29.5 Å². The van der Waals surface area contributed by atoms with E-state index >= 15 is 0 Å². The van der Waals surface area contributed by atoms with Crippen LogP contribution in [0.15, 0.2) is 42.5 Å². The first-order chi connectivity index (χ1) is 14.0. The molecule has 1 saturated carbocycles. The summed E-state index contributed by atoms with van der Waals surface area (Å²) in [4.78, 5) is 41.7. The lowest BCUT2D eigenvalue weighted by Crippen LogP contribution is -2.36. The van der Waals surface area contributed by atoms with Gasteiger partial charge in [0.1, 0.15) is 4.88 Å². The molecule has 2 bridgehead atoms. The minimum Gasteiger partial charge on any atom is -0.481 e. The smallest absolute Gasteiger partial charge is 0.350 e. The van der Waals surface area contributed by atoms with Crippen molar-refractivity contribution >= 4 is 34.3 Å². The van der Waals surface area contributed by atoms with E-state index in [0.717, 1.165) is 16.9 Å². The lowest BCUT2D eigenvalue weighted by Gasteiger charge is -2.23. The Morgan fingerprint density at radius 3 is 2.52 bits per heavy atom. The number of benzene rings is 1. The summed E-state index contributed by atoms with van der Waals surface area (Å²) in [5, 5.41) is 12.6. The third kappa shape index (κ3) is 3.55. The van der Waals surface area contributed by atoms with Crippen molar-refractivity contribution in [2.24, 2.45) is 23.7 Å². The molecule has 2 N–H and O–H groups in total. The molecule has 0 aliphatic heterocycles. The molecule has 1 fully saturated rings. The van der Waals surface area contributed by atoms with Crippen molar-refractivity contribution in [1.82, 2.24) is 4.98 Å². The number of hydrogen-bond donors (Lipinski definition) is 2. The van der Waals surface area contributed by atoms with Gasteiger partial charge in [0, 0.05) is 5.56 Å². The Balaban J connectivity index is 1.62. The van der Waals surface area contributed by atoms with Crippen molar-refractivity contribution in [3.05, 3.63) is 47.4 Å². The van der Waals surface area contributed by atoms with E-state index in [1.807, 2.05) is 42.5 Å². The van der Waals surface area contributed by atoms with Gasteiger partial charge in [-0.3, -0.25) is 9.59 Å². The highest BCUT2D eigenvalue weighted by Gasteiger charge is 2.51. The molecule has 0 spiro atoms. The van der Waals surface area contributed by atoms with Crippen molar-refractivity contribution in [3.63, 3.8) is 0 Å². The fourth-order valence-electron chi connectivity index (χ4n) is 4.21. The fourth-order valence-corrected chi connectivity index (χ4v) is 5.09. The van der Waals surface area contributed by atoms with Crippen LogP contribution in [0.1, 0.15) is 23.0 Å². The van der Waals surface area contributed by atoms with Gasteiger partial charge in [0.25, 0.3) is 0 Å². The highest BCUT2D eigenvalue weighted by Crippen LogP contribution is 2.48. The maximum absolute atomic E-state index is 12.9. The summed E-state index contributed by atoms with van der Waals surface area (Å²) in [5.41, 5.74) is 1.17. The molecule has 7 nitrogen and oxygen atoms in total. The molecule has 8 heteroatoms. The fraction of sp³-hybridized carbons (Fsp3) is 0.333. The number of aliphatic carboxylic acids is 1. The van der Waals surface area contributed by atoms with Crippen LogP contribution in [0, 0.1) is 23.7 Å². The number of nitrogens with one attached hydrogen (secondary N) is 1. The zero-order valence-corrected chi connectivity index (χ0v) is 16.5. The number of carbonyl (C=O) groups excluding carboxylic acids is 2.